The summed E-state index contributed by atoms with van der Waals surface area (Å²) in [5, 5.41) is 0. The molecule has 266 valence electrons. The van der Waals surface area contributed by atoms with Crippen molar-refractivity contribution in [2.24, 2.45) is 0 Å². The predicted molar refractivity (Wildman–Crippen MR) is 231 cm³/mol. The predicted octanol–water partition coefficient (Wildman–Crippen LogP) is 13.2. The van der Waals surface area contributed by atoms with Crippen molar-refractivity contribution in [2.45, 2.75) is 13.8 Å². The Hall–Kier alpha value is -7.30. The quantitative estimate of drug-likeness (QED) is 0.157. The number of pyridine rings is 4. The number of aromatic nitrogens is 4. The van der Waals surface area contributed by atoms with E-state index < -0.39 is 0 Å². The van der Waals surface area contributed by atoms with Crippen LogP contribution < -0.4 is 0 Å². The van der Waals surface area contributed by atoms with Gasteiger partial charge in [0.25, 0.3) is 0 Å². The van der Waals surface area contributed by atoms with Gasteiger partial charge < -0.3 is 0 Å². The van der Waals surface area contributed by atoms with Crippen molar-refractivity contribution in [1.82, 2.24) is 19.9 Å². The summed E-state index contributed by atoms with van der Waals surface area (Å²) >= 11 is 0. The first-order valence-corrected chi connectivity index (χ1v) is 18.9. The van der Waals surface area contributed by atoms with Gasteiger partial charge in [0.15, 0.2) is 0 Å². The molecule has 9 aromatic rings. The van der Waals surface area contributed by atoms with E-state index in [1.165, 1.54) is 0 Å². The highest BCUT2D eigenvalue weighted by Crippen LogP contribution is 2.47. The monoisotopic (exact) mass is 718 g/mol. The average molecular weight is 719 g/mol. The van der Waals surface area contributed by atoms with Crippen LogP contribution in [0, 0.1) is 13.8 Å². The molecule has 0 saturated carbocycles. The summed E-state index contributed by atoms with van der Waals surface area (Å²) in [6, 6.07) is 58.7. The lowest BCUT2D eigenvalue weighted by molar-refractivity contribution is 1.23. The number of hydrogen-bond acceptors (Lipinski definition) is 4. The number of hydrogen-bond donors (Lipinski definition) is 0. The SMILES string of the molecule is Cc1c(-c2ccc(-c3ccccc3)cn2)c(-c2ccc(-c3ccccc3)cn2)c(C)c(-c2ccc(-c3ccccc3)cn2)c1-c1ccc(-c2ccccc2)cn1. The summed E-state index contributed by atoms with van der Waals surface area (Å²) in [5.41, 5.74) is 18.5. The first kappa shape index (κ1) is 34.5. The van der Waals surface area contributed by atoms with Crippen LogP contribution in [0.3, 0.4) is 0 Å². The lowest BCUT2D eigenvalue weighted by Gasteiger charge is -2.24. The molecule has 0 saturated heterocycles. The number of nitrogens with zero attached hydrogens (tertiary/aromatic N) is 4. The van der Waals surface area contributed by atoms with Gasteiger partial charge in [-0.2, -0.15) is 0 Å². The summed E-state index contributed by atoms with van der Waals surface area (Å²) < 4.78 is 0. The van der Waals surface area contributed by atoms with Crippen LogP contribution in [-0.4, -0.2) is 19.9 Å². The van der Waals surface area contributed by atoms with Gasteiger partial charge >= 0.3 is 0 Å². The fraction of sp³-hybridized carbons (Fsp3) is 0.0385. The van der Waals surface area contributed by atoms with Crippen molar-refractivity contribution in [1.29, 1.82) is 0 Å². The van der Waals surface area contributed by atoms with E-state index in [1.807, 2.05) is 49.1 Å². The van der Waals surface area contributed by atoms with Gasteiger partial charge in [-0.25, -0.2) is 0 Å². The van der Waals surface area contributed by atoms with E-state index in [0.717, 1.165) is 101 Å². The van der Waals surface area contributed by atoms with Gasteiger partial charge in [0, 0.05) is 69.3 Å². The van der Waals surface area contributed by atoms with Crippen molar-refractivity contribution in [3.63, 3.8) is 0 Å². The Morgan fingerprint density at radius 3 is 0.625 bits per heavy atom. The highest BCUT2D eigenvalue weighted by molar-refractivity contribution is 5.99. The maximum absolute atomic E-state index is 5.15. The molecule has 0 aliphatic heterocycles. The molecule has 4 heteroatoms. The Kier molecular flexibility index (Phi) is 9.36. The molecule has 0 unspecified atom stereocenters. The van der Waals surface area contributed by atoms with Crippen LogP contribution in [0.5, 0.6) is 0 Å². The van der Waals surface area contributed by atoms with Gasteiger partial charge in [0.05, 0.1) is 22.8 Å². The summed E-state index contributed by atoms with van der Waals surface area (Å²) in [4.78, 5) is 20.6. The lowest BCUT2D eigenvalue weighted by Crippen LogP contribution is -2.04. The standard InChI is InChI=1S/C52H38N4/c1-35-49(45-27-23-41(31-53-45)37-15-7-3-8-16-37)51(47-29-25-43(33-55-47)39-19-11-5-12-20-39)36(2)52(48-30-26-44(34-56-48)40-21-13-6-14-22-40)50(35)46-28-24-42(32-54-46)38-17-9-4-10-18-38/h3-34H,1-2H3. The van der Waals surface area contributed by atoms with E-state index in [9.17, 15) is 0 Å². The molecule has 5 aromatic carbocycles. The normalized spacial score (nSPS) is 11.0. The minimum absolute atomic E-state index is 0.871. The van der Waals surface area contributed by atoms with E-state index in [1.54, 1.807) is 0 Å². The van der Waals surface area contributed by atoms with Crippen LogP contribution in [0.1, 0.15) is 11.1 Å². The van der Waals surface area contributed by atoms with Gasteiger partial charge in [-0.3, -0.25) is 19.9 Å². The van der Waals surface area contributed by atoms with Crippen LogP contribution in [-0.2, 0) is 0 Å². The number of rotatable bonds is 8. The first-order valence-electron chi connectivity index (χ1n) is 18.9. The third-order valence-electron chi connectivity index (χ3n) is 10.5. The molecule has 0 N–H and O–H groups in total. The largest absolute Gasteiger partial charge is 0.256 e. The van der Waals surface area contributed by atoms with E-state index in [0.29, 0.717) is 0 Å². The molecule has 0 radical (unpaired) electrons. The van der Waals surface area contributed by atoms with Gasteiger partial charge in [-0.1, -0.05) is 146 Å². The van der Waals surface area contributed by atoms with Crippen LogP contribution in [0.4, 0.5) is 0 Å². The highest BCUT2D eigenvalue weighted by Gasteiger charge is 2.26. The molecule has 0 fully saturated rings. The number of benzene rings is 5. The third-order valence-corrected chi connectivity index (χ3v) is 10.5. The molecule has 0 spiro atoms. The Bertz CT molecular complexity index is 2340. The molecule has 0 bridgehead atoms. The van der Waals surface area contributed by atoms with Gasteiger partial charge in [0.2, 0.25) is 0 Å². The Morgan fingerprint density at radius 1 is 0.232 bits per heavy atom. The Balaban J connectivity index is 1.28. The first-order chi connectivity index (χ1) is 27.6. The molecule has 0 aliphatic carbocycles. The second kappa shape index (κ2) is 15.2. The molecular weight excluding hydrogens is 681 g/mol. The summed E-state index contributed by atoms with van der Waals surface area (Å²) in [6.07, 6.45) is 7.89. The zero-order valence-electron chi connectivity index (χ0n) is 31.3. The second-order valence-electron chi connectivity index (χ2n) is 13.9. The molecule has 0 amide bonds. The summed E-state index contributed by atoms with van der Waals surface area (Å²) in [5.74, 6) is 0. The van der Waals surface area contributed by atoms with Crippen molar-refractivity contribution < 1.29 is 0 Å². The van der Waals surface area contributed by atoms with Gasteiger partial charge in [-0.05, 0) is 71.5 Å². The Morgan fingerprint density at radius 2 is 0.446 bits per heavy atom. The van der Waals surface area contributed by atoms with Crippen molar-refractivity contribution in [3.05, 3.63) is 206 Å². The fourth-order valence-corrected chi connectivity index (χ4v) is 7.65. The molecule has 56 heavy (non-hydrogen) atoms. The van der Waals surface area contributed by atoms with E-state index in [2.05, 4.69) is 159 Å². The zero-order chi connectivity index (χ0) is 37.8. The molecule has 0 aliphatic rings. The Labute approximate surface area is 327 Å². The molecule has 4 nitrogen and oxygen atoms in total. The van der Waals surface area contributed by atoms with Gasteiger partial charge in [-0.15, -0.1) is 0 Å². The van der Waals surface area contributed by atoms with Crippen LogP contribution in [0.25, 0.3) is 89.5 Å². The van der Waals surface area contributed by atoms with E-state index in [4.69, 9.17) is 19.9 Å². The van der Waals surface area contributed by atoms with E-state index in [-0.39, 0.29) is 0 Å². The summed E-state index contributed by atoms with van der Waals surface area (Å²) in [6.45, 7) is 4.38. The van der Waals surface area contributed by atoms with Crippen LogP contribution >= 0.6 is 0 Å². The van der Waals surface area contributed by atoms with Crippen molar-refractivity contribution >= 4 is 0 Å². The average Bonchev–Trinajstić information content (AvgIpc) is 3.28. The molecule has 9 rings (SSSR count). The van der Waals surface area contributed by atoms with E-state index >= 15 is 0 Å². The maximum Gasteiger partial charge on any atom is 0.0712 e. The smallest absolute Gasteiger partial charge is 0.0712 e. The molecule has 4 aromatic heterocycles. The molecule has 0 atom stereocenters. The minimum Gasteiger partial charge on any atom is -0.256 e. The molecule has 4 heterocycles. The fourth-order valence-electron chi connectivity index (χ4n) is 7.65. The second-order valence-corrected chi connectivity index (χ2v) is 13.9. The summed E-state index contributed by atoms with van der Waals surface area (Å²) in [7, 11) is 0. The topological polar surface area (TPSA) is 51.6 Å². The third kappa shape index (κ3) is 6.69. The van der Waals surface area contributed by atoms with Gasteiger partial charge in [0.1, 0.15) is 0 Å². The van der Waals surface area contributed by atoms with Crippen molar-refractivity contribution in [2.75, 3.05) is 0 Å². The molecular formula is C52H38N4. The lowest BCUT2D eigenvalue weighted by atomic mass is 9.82. The van der Waals surface area contributed by atoms with Crippen molar-refractivity contribution in [3.8, 4) is 89.5 Å². The maximum atomic E-state index is 5.15. The van der Waals surface area contributed by atoms with Crippen LogP contribution in [0.15, 0.2) is 195 Å². The zero-order valence-corrected chi connectivity index (χ0v) is 31.3. The van der Waals surface area contributed by atoms with Crippen LogP contribution in [0.2, 0.25) is 0 Å². The minimum atomic E-state index is 0.871. The highest BCUT2D eigenvalue weighted by atomic mass is 14.7.